The van der Waals surface area contributed by atoms with E-state index in [2.05, 4.69) is 13.0 Å². The van der Waals surface area contributed by atoms with Crippen LogP contribution in [0.1, 0.15) is 88.0 Å². The van der Waals surface area contributed by atoms with E-state index in [-0.39, 0.29) is 36.2 Å². The van der Waals surface area contributed by atoms with Gasteiger partial charge in [-0.25, -0.2) is 0 Å². The van der Waals surface area contributed by atoms with Gasteiger partial charge in [0.2, 0.25) is 0 Å². The second kappa shape index (κ2) is 9.17. The van der Waals surface area contributed by atoms with E-state index in [0.717, 1.165) is 5.57 Å². The van der Waals surface area contributed by atoms with E-state index in [0.29, 0.717) is 12.8 Å². The monoisotopic (exact) mass is 558 g/mol. The van der Waals surface area contributed by atoms with Crippen molar-refractivity contribution >= 4 is 23.3 Å². The standard InChI is InChI=1S/C32H46O8/c1-17(33)40-27(2,3)13-12-23(36)32(9,39)25-21(35)15-29(6)22-11-10-18-19(14-20(34)26(38)28(18,4)5)31(22,8)24(37)16-30(25,29)7/h10,12-13,19,21-22,25-26,35,38-39H,11,14-16H2,1-9H3/b13-12+/t19-,21+,22-,25+,26+,29+,30+,31+,32-/m0/s1. The highest BCUT2D eigenvalue weighted by molar-refractivity contribution is 5.97. The molecular weight excluding hydrogens is 512 g/mol. The van der Waals surface area contributed by atoms with Gasteiger partial charge in [-0.2, -0.15) is 0 Å². The molecule has 4 aliphatic carbocycles. The van der Waals surface area contributed by atoms with Crippen molar-refractivity contribution in [2.24, 2.45) is 39.4 Å². The van der Waals surface area contributed by atoms with Gasteiger partial charge < -0.3 is 20.1 Å². The smallest absolute Gasteiger partial charge is 0.303 e. The maximum Gasteiger partial charge on any atom is 0.303 e. The van der Waals surface area contributed by atoms with Gasteiger partial charge in [-0.1, -0.05) is 46.3 Å². The Morgan fingerprint density at radius 3 is 2.23 bits per heavy atom. The Bertz CT molecular complexity index is 1210. The van der Waals surface area contributed by atoms with Crippen LogP contribution in [0.2, 0.25) is 0 Å². The third-order valence-corrected chi connectivity index (χ3v) is 11.6. The molecule has 0 saturated heterocycles. The minimum absolute atomic E-state index is 0.0399. The lowest BCUT2D eigenvalue weighted by Crippen LogP contribution is -2.65. The number of aliphatic hydroxyl groups excluding tert-OH is 2. The van der Waals surface area contributed by atoms with Crippen LogP contribution in [-0.4, -0.2) is 62.0 Å². The normalized spacial score (nSPS) is 42.4. The summed E-state index contributed by atoms with van der Waals surface area (Å²) in [5.74, 6) is -2.96. The summed E-state index contributed by atoms with van der Waals surface area (Å²) in [7, 11) is 0. The van der Waals surface area contributed by atoms with Gasteiger partial charge in [-0.05, 0) is 68.4 Å². The molecule has 0 amide bonds. The summed E-state index contributed by atoms with van der Waals surface area (Å²) in [6.45, 7) is 15.5. The number of hydrogen-bond acceptors (Lipinski definition) is 8. The number of carbonyl (C=O) groups excluding carboxylic acids is 4. The Labute approximate surface area is 237 Å². The molecule has 222 valence electrons. The summed E-state index contributed by atoms with van der Waals surface area (Å²) in [5.41, 5.74) is -5.33. The second-order valence-corrected chi connectivity index (χ2v) is 14.8. The van der Waals surface area contributed by atoms with E-state index < -0.39 is 62.7 Å². The number of rotatable bonds is 5. The molecule has 0 unspecified atom stereocenters. The van der Waals surface area contributed by atoms with Crippen LogP contribution in [0.3, 0.4) is 0 Å². The Balaban J connectivity index is 1.75. The molecule has 4 rings (SSSR count). The average Bonchev–Trinajstić information content (AvgIpc) is 3.01. The molecule has 0 heterocycles. The van der Waals surface area contributed by atoms with Crippen molar-refractivity contribution in [1.82, 2.24) is 0 Å². The fourth-order valence-electron chi connectivity index (χ4n) is 9.35. The van der Waals surface area contributed by atoms with Gasteiger partial charge in [0, 0.05) is 36.5 Å². The summed E-state index contributed by atoms with van der Waals surface area (Å²) in [6.07, 6.45) is 3.50. The van der Waals surface area contributed by atoms with Crippen LogP contribution in [0, 0.1) is 39.4 Å². The number of fused-ring (bicyclic) bond motifs is 5. The van der Waals surface area contributed by atoms with Crippen LogP contribution in [-0.2, 0) is 23.9 Å². The van der Waals surface area contributed by atoms with Gasteiger partial charge in [-0.15, -0.1) is 0 Å². The van der Waals surface area contributed by atoms with Crippen molar-refractivity contribution in [1.29, 1.82) is 0 Å². The first-order chi connectivity index (χ1) is 18.1. The highest BCUT2D eigenvalue weighted by atomic mass is 16.6. The predicted molar refractivity (Wildman–Crippen MR) is 148 cm³/mol. The summed E-state index contributed by atoms with van der Waals surface area (Å²) in [4.78, 5) is 52.1. The number of Topliss-reactive ketones (excluding diaryl/α,β-unsaturated/α-hetero) is 2. The third-order valence-electron chi connectivity index (χ3n) is 11.6. The summed E-state index contributed by atoms with van der Waals surface area (Å²) in [5, 5.41) is 33.9. The van der Waals surface area contributed by atoms with Crippen molar-refractivity contribution in [2.45, 2.75) is 111 Å². The lowest BCUT2D eigenvalue weighted by molar-refractivity contribution is -0.183. The molecule has 0 aromatic heterocycles. The van der Waals surface area contributed by atoms with Gasteiger partial charge in [0.05, 0.1) is 6.10 Å². The maximum atomic E-state index is 14.3. The van der Waals surface area contributed by atoms with E-state index in [1.807, 2.05) is 27.7 Å². The van der Waals surface area contributed by atoms with Crippen LogP contribution in [0.5, 0.6) is 0 Å². The van der Waals surface area contributed by atoms with E-state index in [1.54, 1.807) is 13.8 Å². The molecule has 0 aromatic rings. The van der Waals surface area contributed by atoms with Gasteiger partial charge in [0.15, 0.2) is 11.6 Å². The first-order valence-electron chi connectivity index (χ1n) is 14.4. The number of esters is 1. The number of ether oxygens (including phenoxy) is 1. The lowest BCUT2D eigenvalue weighted by atomic mass is 9.38. The number of aliphatic hydroxyl groups is 3. The predicted octanol–water partition coefficient (Wildman–Crippen LogP) is 3.50. The van der Waals surface area contributed by atoms with Gasteiger partial charge in [0.1, 0.15) is 23.1 Å². The third kappa shape index (κ3) is 4.11. The summed E-state index contributed by atoms with van der Waals surface area (Å²) in [6, 6.07) is 0. The molecule has 40 heavy (non-hydrogen) atoms. The molecular formula is C32H46O8. The Morgan fingerprint density at radius 2 is 1.65 bits per heavy atom. The van der Waals surface area contributed by atoms with Crippen molar-refractivity contribution in [3.63, 3.8) is 0 Å². The molecule has 3 saturated carbocycles. The van der Waals surface area contributed by atoms with Crippen molar-refractivity contribution in [2.75, 3.05) is 0 Å². The van der Waals surface area contributed by atoms with E-state index in [4.69, 9.17) is 4.74 Å². The van der Waals surface area contributed by atoms with E-state index in [9.17, 15) is 34.5 Å². The molecule has 0 radical (unpaired) electrons. The zero-order chi connectivity index (χ0) is 30.4. The van der Waals surface area contributed by atoms with Gasteiger partial charge in [0.25, 0.3) is 0 Å². The molecule has 4 aliphatic rings. The molecule has 9 atom stereocenters. The highest BCUT2D eigenvalue weighted by Gasteiger charge is 2.74. The average molecular weight is 559 g/mol. The van der Waals surface area contributed by atoms with Gasteiger partial charge >= 0.3 is 5.97 Å². The van der Waals surface area contributed by atoms with Crippen LogP contribution >= 0.6 is 0 Å². The second-order valence-electron chi connectivity index (χ2n) is 14.8. The maximum absolute atomic E-state index is 14.3. The van der Waals surface area contributed by atoms with E-state index in [1.165, 1.54) is 26.0 Å². The fraction of sp³-hybridized carbons (Fsp3) is 0.750. The summed E-state index contributed by atoms with van der Waals surface area (Å²) >= 11 is 0. The lowest BCUT2D eigenvalue weighted by Gasteiger charge is -2.64. The first kappa shape index (κ1) is 30.8. The molecule has 0 aliphatic heterocycles. The molecule has 8 nitrogen and oxygen atoms in total. The van der Waals surface area contributed by atoms with E-state index >= 15 is 0 Å². The molecule has 0 spiro atoms. The highest BCUT2D eigenvalue weighted by Crippen LogP contribution is 2.74. The van der Waals surface area contributed by atoms with Crippen molar-refractivity contribution < 1.29 is 39.2 Å². The van der Waals surface area contributed by atoms with Crippen molar-refractivity contribution in [3.8, 4) is 0 Å². The minimum Gasteiger partial charge on any atom is -0.456 e. The van der Waals surface area contributed by atoms with Crippen molar-refractivity contribution in [3.05, 3.63) is 23.8 Å². The Hall–Kier alpha value is -2.16. The SMILES string of the molecule is CC(=O)OC(C)(C)/C=C/C(=O)[C@](C)(O)[C@@H]1[C@H](O)C[C@]2(C)[C@@H]3CC=C4[C@H](CC(=O)[C@@H](O)C4(C)C)[C@@]3(C)C(=O)C[C@]12C. The topological polar surface area (TPSA) is 138 Å². The van der Waals surface area contributed by atoms with Crippen LogP contribution in [0.4, 0.5) is 0 Å². The van der Waals surface area contributed by atoms with Gasteiger partial charge in [-0.3, -0.25) is 19.2 Å². The van der Waals surface area contributed by atoms with Crippen LogP contribution in [0.15, 0.2) is 23.8 Å². The minimum atomic E-state index is -1.99. The largest absolute Gasteiger partial charge is 0.456 e. The fourth-order valence-corrected chi connectivity index (χ4v) is 9.35. The Kier molecular flexibility index (Phi) is 7.06. The number of carbonyl (C=O) groups is 4. The summed E-state index contributed by atoms with van der Waals surface area (Å²) < 4.78 is 5.23. The zero-order valence-electron chi connectivity index (χ0n) is 25.3. The molecule has 0 bridgehead atoms. The number of hydrogen-bond donors (Lipinski definition) is 3. The first-order valence-corrected chi connectivity index (χ1v) is 14.4. The number of ketones is 3. The van der Waals surface area contributed by atoms with Crippen LogP contribution < -0.4 is 0 Å². The molecule has 3 N–H and O–H groups in total. The molecule has 0 aromatic carbocycles. The van der Waals surface area contributed by atoms with Crippen LogP contribution in [0.25, 0.3) is 0 Å². The Morgan fingerprint density at radius 1 is 1.05 bits per heavy atom. The molecule has 8 heteroatoms. The zero-order valence-corrected chi connectivity index (χ0v) is 25.3. The number of allylic oxidation sites excluding steroid dienone is 1. The quantitative estimate of drug-likeness (QED) is 0.265. The molecule has 3 fully saturated rings.